The third-order valence-corrected chi connectivity index (χ3v) is 2.70. The molecule has 0 saturated carbocycles. The third-order valence-electron chi connectivity index (χ3n) is 2.70. The predicted octanol–water partition coefficient (Wildman–Crippen LogP) is 0.479. The first kappa shape index (κ1) is 12.5. The van der Waals surface area contributed by atoms with Crippen molar-refractivity contribution in [2.24, 2.45) is 5.92 Å². The molecule has 1 aliphatic heterocycles. The van der Waals surface area contributed by atoms with Crippen LogP contribution >= 0.6 is 0 Å². The van der Waals surface area contributed by atoms with Crippen LogP contribution in [0.4, 0.5) is 0 Å². The molecule has 0 aliphatic carbocycles. The van der Waals surface area contributed by atoms with Gasteiger partial charge in [-0.15, -0.1) is 0 Å². The average Bonchev–Trinajstić information content (AvgIpc) is 2.42. The van der Waals surface area contributed by atoms with Crippen molar-refractivity contribution in [2.45, 2.75) is 26.4 Å². The van der Waals surface area contributed by atoms with E-state index in [1.807, 2.05) is 25.8 Å². The van der Waals surface area contributed by atoms with Gasteiger partial charge in [0.15, 0.2) is 0 Å². The number of carbonyl (C=O) groups excluding carboxylic acids is 1. The molecule has 1 heterocycles. The maximum absolute atomic E-state index is 12.0. The molecule has 4 heteroatoms. The van der Waals surface area contributed by atoms with Crippen molar-refractivity contribution >= 4 is 5.91 Å². The molecule has 1 aliphatic rings. The number of amides is 1. The van der Waals surface area contributed by atoms with Gasteiger partial charge in [0.2, 0.25) is 5.91 Å². The quantitative estimate of drug-likeness (QED) is 0.743. The van der Waals surface area contributed by atoms with Crippen molar-refractivity contribution < 1.29 is 9.53 Å². The fourth-order valence-corrected chi connectivity index (χ4v) is 1.90. The summed E-state index contributed by atoms with van der Waals surface area (Å²) in [4.78, 5) is 13.9. The van der Waals surface area contributed by atoms with E-state index in [4.69, 9.17) is 4.74 Å². The van der Waals surface area contributed by atoms with E-state index in [9.17, 15) is 4.79 Å². The lowest BCUT2D eigenvalue weighted by Crippen LogP contribution is -2.41. The Morgan fingerprint density at radius 2 is 2.40 bits per heavy atom. The topological polar surface area (TPSA) is 41.6 Å². The van der Waals surface area contributed by atoms with Gasteiger partial charge in [0.05, 0.1) is 6.10 Å². The fourth-order valence-electron chi connectivity index (χ4n) is 1.90. The summed E-state index contributed by atoms with van der Waals surface area (Å²) < 4.78 is 5.51. The lowest BCUT2D eigenvalue weighted by Gasteiger charge is -2.25. The van der Waals surface area contributed by atoms with Crippen molar-refractivity contribution in [1.29, 1.82) is 0 Å². The summed E-state index contributed by atoms with van der Waals surface area (Å²) in [6.45, 7) is 7.06. The van der Waals surface area contributed by atoms with Crippen molar-refractivity contribution in [1.82, 2.24) is 10.2 Å². The number of ether oxygens (including phenoxy) is 1. The zero-order chi connectivity index (χ0) is 11.3. The predicted molar refractivity (Wildman–Crippen MR) is 59.7 cm³/mol. The number of rotatable bonds is 3. The summed E-state index contributed by atoms with van der Waals surface area (Å²) in [6, 6.07) is 0. The summed E-state index contributed by atoms with van der Waals surface area (Å²) in [5.74, 6) is 0.294. The lowest BCUT2D eigenvalue weighted by molar-refractivity contribution is -0.135. The second-order valence-corrected chi connectivity index (χ2v) is 4.28. The zero-order valence-electron chi connectivity index (χ0n) is 9.95. The van der Waals surface area contributed by atoms with Crippen molar-refractivity contribution in [2.75, 3.05) is 33.3 Å². The molecule has 0 aromatic heterocycles. The molecule has 1 saturated heterocycles. The molecule has 0 aromatic rings. The first-order valence-electron chi connectivity index (χ1n) is 5.70. The van der Waals surface area contributed by atoms with Gasteiger partial charge in [0.25, 0.3) is 0 Å². The van der Waals surface area contributed by atoms with Crippen molar-refractivity contribution in [3.8, 4) is 0 Å². The van der Waals surface area contributed by atoms with E-state index < -0.39 is 0 Å². The molecule has 0 bridgehead atoms. The maximum atomic E-state index is 12.0. The molecule has 1 fully saturated rings. The van der Waals surface area contributed by atoms with Gasteiger partial charge in [0, 0.05) is 32.2 Å². The van der Waals surface area contributed by atoms with Gasteiger partial charge in [-0.2, -0.15) is 0 Å². The number of hydrogen-bond acceptors (Lipinski definition) is 3. The highest BCUT2D eigenvalue weighted by Gasteiger charge is 2.23. The molecule has 0 spiro atoms. The lowest BCUT2D eigenvalue weighted by atomic mass is 10.1. The standard InChI is InChI=1S/C11H22N2O2/c1-9(7-12-3)11(14)13-5-4-6-15-10(2)8-13/h9-10,12H,4-8H2,1-3H3. The highest BCUT2D eigenvalue weighted by Crippen LogP contribution is 2.09. The number of nitrogens with one attached hydrogen (secondary N) is 1. The van der Waals surface area contributed by atoms with Gasteiger partial charge in [-0.05, 0) is 20.4 Å². The van der Waals surface area contributed by atoms with Crippen LogP contribution in [0.2, 0.25) is 0 Å². The number of hydrogen-bond donors (Lipinski definition) is 1. The van der Waals surface area contributed by atoms with Crippen LogP contribution in [0.15, 0.2) is 0 Å². The minimum Gasteiger partial charge on any atom is -0.377 e. The molecule has 1 rings (SSSR count). The summed E-state index contributed by atoms with van der Waals surface area (Å²) in [5, 5.41) is 3.04. The maximum Gasteiger partial charge on any atom is 0.226 e. The minimum absolute atomic E-state index is 0.0558. The Morgan fingerprint density at radius 3 is 3.07 bits per heavy atom. The molecule has 4 nitrogen and oxygen atoms in total. The second-order valence-electron chi connectivity index (χ2n) is 4.28. The van der Waals surface area contributed by atoms with Crippen LogP contribution in [0.3, 0.4) is 0 Å². The van der Waals surface area contributed by atoms with Crippen LogP contribution in [-0.2, 0) is 9.53 Å². The zero-order valence-corrected chi connectivity index (χ0v) is 9.95. The monoisotopic (exact) mass is 214 g/mol. The molecule has 0 aromatic carbocycles. The molecule has 15 heavy (non-hydrogen) atoms. The van der Waals surface area contributed by atoms with E-state index in [0.717, 1.165) is 32.7 Å². The Labute approximate surface area is 92.0 Å². The Morgan fingerprint density at radius 1 is 1.67 bits per heavy atom. The van der Waals surface area contributed by atoms with E-state index in [1.165, 1.54) is 0 Å². The smallest absolute Gasteiger partial charge is 0.226 e. The molecule has 1 amide bonds. The number of nitrogens with zero attached hydrogens (tertiary/aromatic N) is 1. The first-order valence-corrected chi connectivity index (χ1v) is 5.70. The van der Waals surface area contributed by atoms with Gasteiger partial charge in [-0.3, -0.25) is 4.79 Å². The van der Waals surface area contributed by atoms with Crippen LogP contribution in [0, 0.1) is 5.92 Å². The first-order chi connectivity index (χ1) is 7.15. The molecule has 2 unspecified atom stereocenters. The summed E-state index contributed by atoms with van der Waals surface area (Å²) in [5.41, 5.74) is 0. The van der Waals surface area contributed by atoms with Crippen LogP contribution in [0.1, 0.15) is 20.3 Å². The SMILES string of the molecule is CNCC(C)C(=O)N1CCCOC(C)C1. The average molecular weight is 214 g/mol. The molecule has 0 radical (unpaired) electrons. The Balaban J connectivity index is 2.49. The Bertz CT molecular complexity index is 209. The van der Waals surface area contributed by atoms with E-state index in [1.54, 1.807) is 0 Å². The fraction of sp³-hybridized carbons (Fsp3) is 0.909. The van der Waals surface area contributed by atoms with Gasteiger partial charge in [0.1, 0.15) is 0 Å². The molecular weight excluding hydrogens is 192 g/mol. The van der Waals surface area contributed by atoms with Crippen LogP contribution in [0.5, 0.6) is 0 Å². The van der Waals surface area contributed by atoms with Crippen LogP contribution < -0.4 is 5.32 Å². The van der Waals surface area contributed by atoms with Crippen LogP contribution in [0.25, 0.3) is 0 Å². The van der Waals surface area contributed by atoms with E-state index >= 15 is 0 Å². The third kappa shape index (κ3) is 3.80. The van der Waals surface area contributed by atoms with Gasteiger partial charge in [-0.1, -0.05) is 6.92 Å². The Hall–Kier alpha value is -0.610. The van der Waals surface area contributed by atoms with Crippen molar-refractivity contribution in [3.63, 3.8) is 0 Å². The Kier molecular flexibility index (Phi) is 5.05. The summed E-state index contributed by atoms with van der Waals surface area (Å²) >= 11 is 0. The van der Waals surface area contributed by atoms with Crippen molar-refractivity contribution in [3.05, 3.63) is 0 Å². The highest BCUT2D eigenvalue weighted by atomic mass is 16.5. The second kappa shape index (κ2) is 6.08. The molecular formula is C11H22N2O2. The summed E-state index contributed by atoms with van der Waals surface area (Å²) in [7, 11) is 1.87. The van der Waals surface area contributed by atoms with E-state index in [0.29, 0.717) is 0 Å². The van der Waals surface area contributed by atoms with Crippen LogP contribution in [-0.4, -0.2) is 50.2 Å². The largest absolute Gasteiger partial charge is 0.377 e. The highest BCUT2D eigenvalue weighted by molar-refractivity contribution is 5.78. The normalized spacial score (nSPS) is 24.7. The number of carbonyl (C=O) groups is 1. The molecule has 88 valence electrons. The van der Waals surface area contributed by atoms with Gasteiger partial charge < -0.3 is 15.0 Å². The molecule has 2 atom stereocenters. The van der Waals surface area contributed by atoms with Gasteiger partial charge >= 0.3 is 0 Å². The van der Waals surface area contributed by atoms with E-state index in [2.05, 4.69) is 5.32 Å². The molecule has 1 N–H and O–H groups in total. The summed E-state index contributed by atoms with van der Waals surface area (Å²) in [6.07, 6.45) is 1.11. The van der Waals surface area contributed by atoms with E-state index in [-0.39, 0.29) is 17.9 Å². The minimum atomic E-state index is 0.0558. The van der Waals surface area contributed by atoms with Gasteiger partial charge in [-0.25, -0.2) is 0 Å².